The molecule has 136 valence electrons. The Morgan fingerprint density at radius 3 is 2.65 bits per heavy atom. The van der Waals surface area contributed by atoms with Crippen molar-refractivity contribution in [3.63, 3.8) is 0 Å². The average molecular weight is 389 g/mol. The second kappa shape index (κ2) is 6.40. The second-order valence-electron chi connectivity index (χ2n) is 6.75. The average Bonchev–Trinajstić information content (AvgIpc) is 2.93. The Morgan fingerprint density at radius 2 is 1.92 bits per heavy atom. The number of rotatable bonds is 4. The number of sulfonamides is 1. The minimum absolute atomic E-state index is 0.0123. The Morgan fingerprint density at radius 1 is 1.19 bits per heavy atom. The highest BCUT2D eigenvalue weighted by Crippen LogP contribution is 2.46. The van der Waals surface area contributed by atoms with Gasteiger partial charge in [0.2, 0.25) is 15.9 Å². The predicted molar refractivity (Wildman–Crippen MR) is 103 cm³/mol. The summed E-state index contributed by atoms with van der Waals surface area (Å²) < 4.78 is 27.7. The number of carbonyl (C=O) groups is 1. The number of anilines is 1. The molecule has 0 N–H and O–H groups in total. The zero-order valence-electron chi connectivity index (χ0n) is 14.7. The summed E-state index contributed by atoms with van der Waals surface area (Å²) in [5, 5.41) is 0.306. The molecule has 0 saturated carbocycles. The quantitative estimate of drug-likeness (QED) is 0.808. The summed E-state index contributed by atoms with van der Waals surface area (Å²) in [7, 11) is -2.10. The van der Waals surface area contributed by atoms with Crippen molar-refractivity contribution < 1.29 is 13.2 Å². The molecule has 5 nitrogen and oxygen atoms in total. The minimum atomic E-state index is -3.68. The van der Waals surface area contributed by atoms with Crippen LogP contribution in [0.3, 0.4) is 0 Å². The lowest BCUT2D eigenvalue weighted by Gasteiger charge is -2.30. The monoisotopic (exact) mass is 388 g/mol. The normalized spacial score (nSPS) is 19.1. The zero-order chi connectivity index (χ0) is 18.5. The third kappa shape index (κ3) is 2.84. The summed E-state index contributed by atoms with van der Waals surface area (Å²) in [5.74, 6) is -0.0123. The molecule has 4 rings (SSSR count). The molecule has 2 aliphatic heterocycles. The van der Waals surface area contributed by atoms with Crippen molar-refractivity contribution in [3.05, 3.63) is 53.6 Å². The van der Waals surface area contributed by atoms with E-state index in [0.717, 1.165) is 16.1 Å². The van der Waals surface area contributed by atoms with Crippen molar-refractivity contribution in [2.75, 3.05) is 18.5 Å². The van der Waals surface area contributed by atoms with Crippen LogP contribution in [0.25, 0.3) is 0 Å². The topological polar surface area (TPSA) is 57.7 Å². The zero-order valence-corrected chi connectivity index (χ0v) is 16.3. The fraction of sp³-hybridized carbons (Fsp3) is 0.316. The first-order chi connectivity index (χ1) is 12.4. The molecule has 0 aliphatic carbocycles. The fourth-order valence-corrected chi connectivity index (χ4v) is 6.09. The number of carbonyl (C=O) groups excluding carboxylic acids is 1. The smallest absolute Gasteiger partial charge is 0.243 e. The van der Waals surface area contributed by atoms with Crippen LogP contribution in [0.1, 0.15) is 18.1 Å². The molecular formula is C19H20N2O3S2. The summed E-state index contributed by atoms with van der Waals surface area (Å²) in [5.41, 5.74) is 2.37. The van der Waals surface area contributed by atoms with Crippen LogP contribution < -0.4 is 4.90 Å². The summed E-state index contributed by atoms with van der Waals surface area (Å²) in [6, 6.07) is 13.0. The standard InChI is InChI=1S/C19H20N2O3S2/c1-13-11-21-18(22)10-15-17(9-8-16(25-13)19(15)21)26(23,24)20(2)12-14-6-4-3-5-7-14/h3-9,13H,10-12H2,1-2H3/t13-/m0/s1. The van der Waals surface area contributed by atoms with Crippen molar-refractivity contribution in [1.29, 1.82) is 0 Å². The van der Waals surface area contributed by atoms with Gasteiger partial charge in [-0.05, 0) is 17.7 Å². The maximum atomic E-state index is 13.2. The van der Waals surface area contributed by atoms with E-state index in [2.05, 4.69) is 6.92 Å². The summed E-state index contributed by atoms with van der Waals surface area (Å²) in [6.07, 6.45) is 0.157. The number of hydrogen-bond acceptors (Lipinski definition) is 4. The summed E-state index contributed by atoms with van der Waals surface area (Å²) >= 11 is 1.70. The van der Waals surface area contributed by atoms with E-state index >= 15 is 0 Å². The largest absolute Gasteiger partial charge is 0.310 e. The van der Waals surface area contributed by atoms with E-state index in [4.69, 9.17) is 0 Å². The maximum absolute atomic E-state index is 13.2. The maximum Gasteiger partial charge on any atom is 0.243 e. The number of thioether (sulfide) groups is 1. The molecule has 7 heteroatoms. The van der Waals surface area contributed by atoms with Crippen LogP contribution in [-0.4, -0.2) is 37.5 Å². The van der Waals surface area contributed by atoms with Gasteiger partial charge < -0.3 is 4.90 Å². The first-order valence-electron chi connectivity index (χ1n) is 8.51. The van der Waals surface area contributed by atoms with Crippen molar-refractivity contribution in [1.82, 2.24) is 4.31 Å². The number of benzene rings is 2. The molecule has 2 aromatic rings. The third-order valence-corrected chi connectivity index (χ3v) is 7.83. The first-order valence-corrected chi connectivity index (χ1v) is 10.8. The molecule has 0 aromatic heterocycles. The Hall–Kier alpha value is -1.83. The van der Waals surface area contributed by atoms with Crippen LogP contribution in [0.15, 0.2) is 52.3 Å². The first kappa shape index (κ1) is 17.6. The lowest BCUT2D eigenvalue weighted by Crippen LogP contribution is -2.35. The molecule has 0 radical (unpaired) electrons. The van der Waals surface area contributed by atoms with Gasteiger partial charge in [0, 0.05) is 35.8 Å². The number of nitrogens with zero attached hydrogens (tertiary/aromatic N) is 2. The Bertz CT molecular complexity index is 974. The molecule has 2 aliphatic rings. The lowest BCUT2D eigenvalue weighted by molar-refractivity contribution is -0.117. The van der Waals surface area contributed by atoms with Crippen LogP contribution in [0.5, 0.6) is 0 Å². The van der Waals surface area contributed by atoms with Crippen LogP contribution in [0.4, 0.5) is 5.69 Å². The van der Waals surface area contributed by atoms with Crippen molar-refractivity contribution in [2.24, 2.45) is 0 Å². The van der Waals surface area contributed by atoms with Gasteiger partial charge in [0.25, 0.3) is 0 Å². The SMILES string of the molecule is C[C@H]1CN2C(=O)Cc3c(S(=O)(=O)N(C)Cc4ccccc4)ccc(c32)S1. The van der Waals surface area contributed by atoms with Crippen molar-refractivity contribution >= 4 is 33.4 Å². The van der Waals surface area contributed by atoms with E-state index in [1.807, 2.05) is 36.4 Å². The molecule has 2 aromatic carbocycles. The molecule has 0 spiro atoms. The molecule has 0 unspecified atom stereocenters. The second-order valence-corrected chi connectivity index (χ2v) is 10.2. The molecular weight excluding hydrogens is 368 g/mol. The van der Waals surface area contributed by atoms with Gasteiger partial charge in [0.15, 0.2) is 0 Å². The Labute approximate surface area is 158 Å². The number of hydrogen-bond donors (Lipinski definition) is 0. The molecule has 1 amide bonds. The molecule has 0 bridgehead atoms. The van der Waals surface area contributed by atoms with E-state index in [0.29, 0.717) is 23.9 Å². The van der Waals surface area contributed by atoms with E-state index in [9.17, 15) is 13.2 Å². The Balaban J connectivity index is 1.74. The van der Waals surface area contributed by atoms with Gasteiger partial charge in [-0.2, -0.15) is 4.31 Å². The van der Waals surface area contributed by atoms with Crippen LogP contribution >= 0.6 is 11.8 Å². The van der Waals surface area contributed by atoms with Crippen LogP contribution in [0, 0.1) is 0 Å². The highest BCUT2D eigenvalue weighted by atomic mass is 32.2. The molecule has 2 heterocycles. The van der Waals surface area contributed by atoms with Crippen LogP contribution in [0.2, 0.25) is 0 Å². The van der Waals surface area contributed by atoms with E-state index in [1.165, 1.54) is 4.31 Å². The summed E-state index contributed by atoms with van der Waals surface area (Å²) in [4.78, 5) is 15.4. The van der Waals surface area contributed by atoms with Crippen molar-refractivity contribution in [2.45, 2.75) is 34.9 Å². The van der Waals surface area contributed by atoms with Gasteiger partial charge in [-0.3, -0.25) is 4.79 Å². The predicted octanol–water partition coefficient (Wildman–Crippen LogP) is 2.89. The van der Waals surface area contributed by atoms with Gasteiger partial charge >= 0.3 is 0 Å². The van der Waals surface area contributed by atoms with Gasteiger partial charge in [0.1, 0.15) is 0 Å². The van der Waals surface area contributed by atoms with E-state index in [-0.39, 0.29) is 17.2 Å². The van der Waals surface area contributed by atoms with Crippen LogP contribution in [-0.2, 0) is 27.8 Å². The molecule has 0 saturated heterocycles. The highest BCUT2D eigenvalue weighted by molar-refractivity contribution is 8.00. The van der Waals surface area contributed by atoms with Crippen molar-refractivity contribution in [3.8, 4) is 0 Å². The van der Waals surface area contributed by atoms with E-state index in [1.54, 1.807) is 29.8 Å². The minimum Gasteiger partial charge on any atom is -0.310 e. The molecule has 1 atom stereocenters. The van der Waals surface area contributed by atoms with E-state index < -0.39 is 10.0 Å². The Kier molecular flexibility index (Phi) is 4.33. The lowest BCUT2D eigenvalue weighted by atomic mass is 10.1. The van der Waals surface area contributed by atoms with Gasteiger partial charge in [-0.15, -0.1) is 11.8 Å². The third-order valence-electron chi connectivity index (χ3n) is 4.81. The molecule has 26 heavy (non-hydrogen) atoms. The van der Waals surface area contributed by atoms with Gasteiger partial charge in [-0.1, -0.05) is 37.3 Å². The highest BCUT2D eigenvalue weighted by Gasteiger charge is 2.39. The number of amides is 1. The van der Waals surface area contributed by atoms with Gasteiger partial charge in [0.05, 0.1) is 17.0 Å². The summed E-state index contributed by atoms with van der Waals surface area (Å²) in [6.45, 7) is 3.01. The molecule has 0 fully saturated rings. The fourth-order valence-electron chi connectivity index (χ4n) is 3.57. The van der Waals surface area contributed by atoms with Gasteiger partial charge in [-0.25, -0.2) is 8.42 Å².